The topological polar surface area (TPSA) is 90.5 Å². The van der Waals surface area contributed by atoms with Gasteiger partial charge in [-0.1, -0.05) is 18.6 Å². The number of fused-ring (bicyclic) bond motifs is 2. The van der Waals surface area contributed by atoms with Crippen LogP contribution in [-0.2, 0) is 22.7 Å². The van der Waals surface area contributed by atoms with Crippen LogP contribution in [0.3, 0.4) is 0 Å². The highest BCUT2D eigenvalue weighted by Gasteiger charge is 2.44. The van der Waals surface area contributed by atoms with E-state index in [1.54, 1.807) is 4.90 Å². The second kappa shape index (κ2) is 7.78. The Hall–Kier alpha value is -2.25. The van der Waals surface area contributed by atoms with Gasteiger partial charge in [0.1, 0.15) is 6.04 Å². The predicted octanol–water partition coefficient (Wildman–Crippen LogP) is 1.46. The summed E-state index contributed by atoms with van der Waals surface area (Å²) < 4.78 is 0. The van der Waals surface area contributed by atoms with Crippen molar-refractivity contribution in [3.8, 4) is 0 Å². The fourth-order valence-electron chi connectivity index (χ4n) is 6.03. The smallest absolute Gasteiger partial charge is 0.255 e. The molecule has 3 aliphatic heterocycles. The zero-order valence-electron chi connectivity index (χ0n) is 17.3. The molecule has 7 heteroatoms. The lowest BCUT2D eigenvalue weighted by atomic mass is 9.76. The van der Waals surface area contributed by atoms with Crippen LogP contribution in [0.5, 0.6) is 0 Å². The van der Waals surface area contributed by atoms with Crippen LogP contribution in [-0.4, -0.2) is 47.8 Å². The van der Waals surface area contributed by atoms with Crippen LogP contribution < -0.4 is 16.0 Å². The first-order chi connectivity index (χ1) is 14.6. The zero-order chi connectivity index (χ0) is 20.7. The molecule has 30 heavy (non-hydrogen) atoms. The van der Waals surface area contributed by atoms with Crippen LogP contribution >= 0.6 is 0 Å². The van der Waals surface area contributed by atoms with Crippen molar-refractivity contribution in [3.63, 3.8) is 0 Å². The van der Waals surface area contributed by atoms with Gasteiger partial charge in [-0.25, -0.2) is 0 Å². The lowest BCUT2D eigenvalue weighted by molar-refractivity contribution is -0.136. The van der Waals surface area contributed by atoms with Gasteiger partial charge in [-0.2, -0.15) is 0 Å². The Morgan fingerprint density at radius 2 is 2.00 bits per heavy atom. The molecule has 3 fully saturated rings. The van der Waals surface area contributed by atoms with Gasteiger partial charge < -0.3 is 15.5 Å². The molecule has 4 aliphatic rings. The third-order valence-corrected chi connectivity index (χ3v) is 7.62. The monoisotopic (exact) mass is 410 g/mol. The molecule has 1 aliphatic carbocycles. The first kappa shape index (κ1) is 19.7. The highest BCUT2D eigenvalue weighted by molar-refractivity contribution is 6.05. The molecule has 5 rings (SSSR count). The molecule has 0 bridgehead atoms. The standard InChI is InChI=1S/C23H30N4O3/c28-20-8-7-18(21(29)26-20)27-13-17-15(4-1-5-16(17)22(27)30)12-24-14-23-9-2-6-19(23)25-11-3-10-23/h1,4-5,18-19,24-25H,2-3,6-14H2,(H,26,28,29). The van der Waals surface area contributed by atoms with Gasteiger partial charge in [0.2, 0.25) is 11.8 Å². The van der Waals surface area contributed by atoms with Crippen LogP contribution in [0.1, 0.15) is 66.4 Å². The highest BCUT2D eigenvalue weighted by atomic mass is 16.2. The Kier molecular flexibility index (Phi) is 5.11. The highest BCUT2D eigenvalue weighted by Crippen LogP contribution is 2.43. The summed E-state index contributed by atoms with van der Waals surface area (Å²) in [6.07, 6.45) is 7.07. The summed E-state index contributed by atoms with van der Waals surface area (Å²) in [7, 11) is 0. The lowest BCUT2D eigenvalue weighted by Crippen LogP contribution is -2.52. The molecule has 1 saturated carbocycles. The van der Waals surface area contributed by atoms with E-state index in [9.17, 15) is 14.4 Å². The number of hydrogen-bond acceptors (Lipinski definition) is 5. The Bertz CT molecular complexity index is 885. The van der Waals surface area contributed by atoms with Crippen molar-refractivity contribution in [2.75, 3.05) is 13.1 Å². The van der Waals surface area contributed by atoms with Crippen LogP contribution in [0.2, 0.25) is 0 Å². The number of amides is 3. The minimum Gasteiger partial charge on any atom is -0.322 e. The Balaban J connectivity index is 1.28. The largest absolute Gasteiger partial charge is 0.322 e. The van der Waals surface area contributed by atoms with E-state index in [4.69, 9.17) is 0 Å². The summed E-state index contributed by atoms with van der Waals surface area (Å²) in [5, 5.41) is 9.78. The van der Waals surface area contributed by atoms with Crippen LogP contribution in [0, 0.1) is 5.41 Å². The third kappa shape index (κ3) is 3.34. The fraction of sp³-hybridized carbons (Fsp3) is 0.609. The van der Waals surface area contributed by atoms with Gasteiger partial charge in [0.05, 0.1) is 0 Å². The van der Waals surface area contributed by atoms with E-state index < -0.39 is 6.04 Å². The molecular formula is C23H30N4O3. The number of imide groups is 1. The molecular weight excluding hydrogens is 380 g/mol. The summed E-state index contributed by atoms with van der Waals surface area (Å²) in [5.74, 6) is -0.720. The van der Waals surface area contributed by atoms with E-state index in [0.29, 0.717) is 30.0 Å². The van der Waals surface area contributed by atoms with Crippen molar-refractivity contribution in [1.82, 2.24) is 20.9 Å². The minimum absolute atomic E-state index is 0.104. The normalized spacial score (nSPS) is 30.9. The average molecular weight is 411 g/mol. The van der Waals surface area contributed by atoms with Crippen molar-refractivity contribution in [2.45, 2.75) is 70.1 Å². The predicted molar refractivity (Wildman–Crippen MR) is 112 cm³/mol. The molecule has 3 atom stereocenters. The van der Waals surface area contributed by atoms with Gasteiger partial charge in [0.25, 0.3) is 5.91 Å². The molecule has 3 amide bonds. The van der Waals surface area contributed by atoms with E-state index in [1.807, 2.05) is 12.1 Å². The molecule has 0 aromatic heterocycles. The molecule has 1 aromatic rings. The molecule has 3 heterocycles. The van der Waals surface area contributed by atoms with E-state index in [1.165, 1.54) is 32.1 Å². The first-order valence-corrected chi connectivity index (χ1v) is 11.3. The summed E-state index contributed by atoms with van der Waals surface area (Å²) in [4.78, 5) is 38.4. The third-order valence-electron chi connectivity index (χ3n) is 7.62. The van der Waals surface area contributed by atoms with Crippen molar-refractivity contribution < 1.29 is 14.4 Å². The van der Waals surface area contributed by atoms with Crippen LogP contribution in [0.25, 0.3) is 0 Å². The van der Waals surface area contributed by atoms with Gasteiger partial charge in [0.15, 0.2) is 0 Å². The van der Waals surface area contributed by atoms with Gasteiger partial charge in [-0.15, -0.1) is 0 Å². The molecule has 0 spiro atoms. The SMILES string of the molecule is O=C1CCC(N2Cc3c(CNCC45CCCNC4CCC5)cccc3C2=O)C(=O)N1. The molecule has 3 N–H and O–H groups in total. The van der Waals surface area contributed by atoms with Crippen LogP contribution in [0.4, 0.5) is 0 Å². The van der Waals surface area contributed by atoms with E-state index in [-0.39, 0.29) is 24.1 Å². The molecule has 7 nitrogen and oxygen atoms in total. The first-order valence-electron chi connectivity index (χ1n) is 11.3. The van der Waals surface area contributed by atoms with Gasteiger partial charge in [-0.05, 0) is 61.3 Å². The quantitative estimate of drug-likeness (QED) is 0.640. The summed E-state index contributed by atoms with van der Waals surface area (Å²) in [6.45, 7) is 3.30. The van der Waals surface area contributed by atoms with E-state index in [2.05, 4.69) is 22.0 Å². The summed E-state index contributed by atoms with van der Waals surface area (Å²) >= 11 is 0. The molecule has 1 aromatic carbocycles. The van der Waals surface area contributed by atoms with E-state index in [0.717, 1.165) is 30.8 Å². The van der Waals surface area contributed by atoms with Crippen molar-refractivity contribution >= 4 is 17.7 Å². The van der Waals surface area contributed by atoms with Gasteiger partial charge >= 0.3 is 0 Å². The Morgan fingerprint density at radius 1 is 1.13 bits per heavy atom. The second-order valence-electron chi connectivity index (χ2n) is 9.31. The Labute approximate surface area is 177 Å². The van der Waals surface area contributed by atoms with Gasteiger partial charge in [0, 0.05) is 37.7 Å². The maximum atomic E-state index is 13.0. The van der Waals surface area contributed by atoms with Crippen molar-refractivity contribution in [2.24, 2.45) is 5.41 Å². The van der Waals surface area contributed by atoms with Gasteiger partial charge in [-0.3, -0.25) is 19.7 Å². The number of rotatable bonds is 5. The average Bonchev–Trinajstić information content (AvgIpc) is 3.30. The minimum atomic E-state index is -0.560. The maximum absolute atomic E-state index is 13.0. The van der Waals surface area contributed by atoms with Crippen molar-refractivity contribution in [3.05, 3.63) is 34.9 Å². The lowest BCUT2D eigenvalue weighted by Gasteiger charge is -2.40. The fourth-order valence-corrected chi connectivity index (χ4v) is 6.03. The molecule has 160 valence electrons. The Morgan fingerprint density at radius 3 is 2.87 bits per heavy atom. The van der Waals surface area contributed by atoms with Crippen LogP contribution in [0.15, 0.2) is 18.2 Å². The number of hydrogen-bond donors (Lipinski definition) is 3. The summed E-state index contributed by atoms with van der Waals surface area (Å²) in [5.41, 5.74) is 3.20. The number of carbonyl (C=O) groups is 3. The number of piperidine rings is 2. The molecule has 0 radical (unpaired) electrons. The molecule has 2 saturated heterocycles. The zero-order valence-corrected chi connectivity index (χ0v) is 17.3. The summed E-state index contributed by atoms with van der Waals surface area (Å²) in [6, 6.07) is 5.93. The number of nitrogens with one attached hydrogen (secondary N) is 3. The number of nitrogens with zero attached hydrogens (tertiary/aromatic N) is 1. The van der Waals surface area contributed by atoms with E-state index >= 15 is 0 Å². The van der Waals surface area contributed by atoms with Crippen molar-refractivity contribution in [1.29, 1.82) is 0 Å². The maximum Gasteiger partial charge on any atom is 0.255 e. The number of carbonyl (C=O) groups excluding carboxylic acids is 3. The molecule has 3 unspecified atom stereocenters. The number of benzene rings is 1. The second-order valence-corrected chi connectivity index (χ2v) is 9.31.